The van der Waals surface area contributed by atoms with E-state index in [-0.39, 0.29) is 6.54 Å². The fraction of sp³-hybridized carbons (Fsp3) is 0.750. The fourth-order valence-electron chi connectivity index (χ4n) is 0.429. The number of rotatable bonds is 0. The minimum absolute atomic E-state index is 0.358. The van der Waals surface area contributed by atoms with Crippen molar-refractivity contribution in [3.8, 4) is 0 Å². The van der Waals surface area contributed by atoms with E-state index in [1.54, 1.807) is 6.40 Å². The molecule has 1 aliphatic rings. The van der Waals surface area contributed by atoms with Crippen LogP contribution < -0.4 is 0 Å². The molecule has 0 aromatic carbocycles. The summed E-state index contributed by atoms with van der Waals surface area (Å²) in [5.41, 5.74) is 0. The first kappa shape index (κ1) is 6.38. The zero-order chi connectivity index (χ0) is 6.91. The predicted molar refractivity (Wildman–Crippen MR) is 23.2 cm³/mol. The van der Waals surface area contributed by atoms with Gasteiger partial charge in [-0.2, -0.15) is 13.2 Å². The van der Waals surface area contributed by atoms with E-state index >= 15 is 0 Å². The Kier molecular flexibility index (Phi) is 1.34. The van der Waals surface area contributed by atoms with Crippen LogP contribution in [-0.4, -0.2) is 25.2 Å². The lowest BCUT2D eigenvalue weighted by Crippen LogP contribution is -2.30. The summed E-state index contributed by atoms with van der Waals surface area (Å²) in [4.78, 5) is 3.14. The van der Waals surface area contributed by atoms with Crippen LogP contribution in [0, 0.1) is 0 Å². The highest BCUT2D eigenvalue weighted by molar-refractivity contribution is 5.49. The molecule has 0 bridgehead atoms. The smallest absolute Gasteiger partial charge is 0.427 e. The van der Waals surface area contributed by atoms with Gasteiger partial charge >= 0.3 is 6.18 Å². The summed E-state index contributed by atoms with van der Waals surface area (Å²) in [7, 11) is 0. The van der Waals surface area contributed by atoms with Gasteiger partial charge in [-0.25, -0.2) is 4.99 Å². The molecule has 0 N–H and O–H groups in total. The lowest BCUT2D eigenvalue weighted by molar-refractivity contribution is -0.189. The van der Waals surface area contributed by atoms with Crippen molar-refractivity contribution in [3.05, 3.63) is 0 Å². The van der Waals surface area contributed by atoms with Crippen molar-refractivity contribution < 1.29 is 17.9 Å². The average Bonchev–Trinajstić information content (AvgIpc) is 2.08. The van der Waals surface area contributed by atoms with E-state index in [1.165, 1.54) is 0 Å². The number of aliphatic imine (C=N–C) groups is 1. The van der Waals surface area contributed by atoms with Crippen LogP contribution >= 0.6 is 0 Å². The van der Waals surface area contributed by atoms with Crippen LogP contribution in [0.1, 0.15) is 0 Å². The highest BCUT2D eigenvalue weighted by Crippen LogP contribution is 2.24. The second kappa shape index (κ2) is 1.89. The largest absolute Gasteiger partial charge is 0.459 e. The van der Waals surface area contributed by atoms with Crippen molar-refractivity contribution in [2.45, 2.75) is 12.3 Å². The molecular weight excluding hydrogens is 135 g/mol. The number of nitrogens with zero attached hydrogens (tertiary/aromatic N) is 1. The van der Waals surface area contributed by atoms with E-state index in [0.717, 1.165) is 0 Å². The van der Waals surface area contributed by atoms with Gasteiger partial charge in [0.1, 0.15) is 0 Å². The number of ether oxygens (including phenoxy) is 1. The summed E-state index contributed by atoms with van der Waals surface area (Å²) >= 11 is 0. The third-order valence-electron chi connectivity index (χ3n) is 0.882. The normalized spacial score (nSPS) is 26.3. The van der Waals surface area contributed by atoms with Gasteiger partial charge in [0, 0.05) is 0 Å². The van der Waals surface area contributed by atoms with Gasteiger partial charge in [-0.3, -0.25) is 0 Å². The Labute approximate surface area is 49.3 Å². The second-order valence-electron chi connectivity index (χ2n) is 1.58. The summed E-state index contributed by atoms with van der Waals surface area (Å²) in [6, 6.07) is 0. The molecule has 0 fully saturated rings. The Morgan fingerprint density at radius 3 is 2.44 bits per heavy atom. The van der Waals surface area contributed by atoms with E-state index in [9.17, 15) is 13.2 Å². The molecule has 1 unspecified atom stereocenters. The number of alkyl halides is 3. The highest BCUT2D eigenvalue weighted by atomic mass is 19.4. The zero-order valence-corrected chi connectivity index (χ0v) is 4.27. The molecule has 0 amide bonds. The Morgan fingerprint density at radius 2 is 2.22 bits per heavy atom. The first-order valence-electron chi connectivity index (χ1n) is 2.24. The van der Waals surface area contributed by atoms with E-state index in [1.807, 2.05) is 0 Å². The third kappa shape index (κ3) is 1.34. The molecule has 5 heteroatoms. The molecule has 51 valence electrons. The van der Waals surface area contributed by atoms with Gasteiger partial charge in [0.05, 0.1) is 6.54 Å². The maximum atomic E-state index is 11.5. The SMILES string of the molecule is FC(F)(F)C1CN=[C]O1. The Balaban J connectivity index is 2.46. The zero-order valence-electron chi connectivity index (χ0n) is 4.27. The van der Waals surface area contributed by atoms with Gasteiger partial charge in [0.25, 0.3) is 6.40 Å². The Bertz CT molecular complexity index is 122. The lowest BCUT2D eigenvalue weighted by atomic mass is 10.4. The lowest BCUT2D eigenvalue weighted by Gasteiger charge is -2.11. The van der Waals surface area contributed by atoms with E-state index in [2.05, 4.69) is 9.73 Å². The molecule has 0 aliphatic carbocycles. The molecular formula is C4H3F3NO. The minimum atomic E-state index is -4.30. The monoisotopic (exact) mass is 138 g/mol. The Morgan fingerprint density at radius 1 is 1.56 bits per heavy atom. The van der Waals surface area contributed by atoms with Crippen molar-refractivity contribution in [1.29, 1.82) is 0 Å². The summed E-state index contributed by atoms with van der Waals surface area (Å²) in [5, 5.41) is 0. The van der Waals surface area contributed by atoms with E-state index in [0.29, 0.717) is 0 Å². The van der Waals surface area contributed by atoms with Crippen molar-refractivity contribution >= 4 is 6.40 Å². The molecule has 0 aromatic heterocycles. The van der Waals surface area contributed by atoms with Crippen molar-refractivity contribution in [3.63, 3.8) is 0 Å². The number of hydrogen-bond acceptors (Lipinski definition) is 2. The first-order chi connectivity index (χ1) is 4.11. The third-order valence-corrected chi connectivity index (χ3v) is 0.882. The molecule has 1 rings (SSSR count). The molecule has 1 aliphatic heterocycles. The molecule has 2 nitrogen and oxygen atoms in total. The average molecular weight is 138 g/mol. The molecule has 1 atom stereocenters. The van der Waals surface area contributed by atoms with Crippen LogP contribution in [0.25, 0.3) is 0 Å². The summed E-state index contributed by atoms with van der Waals surface area (Å²) in [5.74, 6) is 0. The van der Waals surface area contributed by atoms with Crippen molar-refractivity contribution in [2.24, 2.45) is 4.99 Å². The molecule has 1 radical (unpaired) electrons. The van der Waals surface area contributed by atoms with Crippen molar-refractivity contribution in [2.75, 3.05) is 6.54 Å². The summed E-state index contributed by atoms with van der Waals surface area (Å²) < 4.78 is 38.6. The topological polar surface area (TPSA) is 21.6 Å². The molecule has 0 saturated heterocycles. The minimum Gasteiger partial charge on any atom is -0.459 e. The predicted octanol–water partition coefficient (Wildman–Crippen LogP) is 0.853. The molecule has 0 saturated carbocycles. The van der Waals surface area contributed by atoms with Crippen LogP contribution in [0.2, 0.25) is 0 Å². The van der Waals surface area contributed by atoms with Gasteiger partial charge < -0.3 is 4.74 Å². The molecule has 0 spiro atoms. The number of halogens is 3. The standard InChI is InChI=1S/C4H3F3NO/c5-4(6,7)3-1-8-2-9-3/h3H,1H2. The maximum absolute atomic E-state index is 11.5. The van der Waals surface area contributed by atoms with Crippen LogP contribution in [0.3, 0.4) is 0 Å². The van der Waals surface area contributed by atoms with Gasteiger partial charge in [0.2, 0.25) is 6.10 Å². The van der Waals surface area contributed by atoms with E-state index < -0.39 is 12.3 Å². The van der Waals surface area contributed by atoms with Crippen LogP contribution in [0.15, 0.2) is 4.99 Å². The Hall–Kier alpha value is -0.740. The van der Waals surface area contributed by atoms with Gasteiger partial charge in [0.15, 0.2) is 0 Å². The van der Waals surface area contributed by atoms with E-state index in [4.69, 9.17) is 0 Å². The van der Waals surface area contributed by atoms with Crippen molar-refractivity contribution in [1.82, 2.24) is 0 Å². The van der Waals surface area contributed by atoms with Gasteiger partial charge in [-0.15, -0.1) is 0 Å². The van der Waals surface area contributed by atoms with Gasteiger partial charge in [-0.05, 0) is 0 Å². The first-order valence-corrected chi connectivity index (χ1v) is 2.24. The second-order valence-corrected chi connectivity index (χ2v) is 1.58. The highest BCUT2D eigenvalue weighted by Gasteiger charge is 2.42. The fourth-order valence-corrected chi connectivity index (χ4v) is 0.429. The summed E-state index contributed by atoms with van der Waals surface area (Å²) in [6.45, 7) is -0.358. The molecule has 1 heterocycles. The molecule has 9 heavy (non-hydrogen) atoms. The number of hydrogen-bond donors (Lipinski definition) is 0. The molecule has 0 aromatic rings. The maximum Gasteiger partial charge on any atom is 0.427 e. The van der Waals surface area contributed by atoms with Crippen LogP contribution in [0.4, 0.5) is 13.2 Å². The quantitative estimate of drug-likeness (QED) is 0.486. The van der Waals surface area contributed by atoms with Crippen LogP contribution in [0.5, 0.6) is 0 Å². The summed E-state index contributed by atoms with van der Waals surface area (Å²) in [6.07, 6.45) is -4.28. The van der Waals surface area contributed by atoms with Gasteiger partial charge in [-0.1, -0.05) is 0 Å². The van der Waals surface area contributed by atoms with Crippen LogP contribution in [-0.2, 0) is 4.74 Å².